The van der Waals surface area contributed by atoms with Gasteiger partial charge >= 0.3 is 5.97 Å². The lowest BCUT2D eigenvalue weighted by Crippen LogP contribution is -2.40. The molecule has 3 atom stereocenters. The number of aliphatic carboxylic acids is 1. The molecule has 0 aromatic heterocycles. The highest BCUT2D eigenvalue weighted by molar-refractivity contribution is 5.76. The van der Waals surface area contributed by atoms with E-state index in [9.17, 15) is 14.7 Å². The maximum absolute atomic E-state index is 12.4. The van der Waals surface area contributed by atoms with Crippen LogP contribution in [0.4, 0.5) is 0 Å². The number of benzene rings is 3. The second-order valence-corrected chi connectivity index (χ2v) is 13.0. The van der Waals surface area contributed by atoms with Crippen molar-refractivity contribution in [2.24, 2.45) is 0 Å². The predicted octanol–water partition coefficient (Wildman–Crippen LogP) is 7.31. The molecule has 1 amide bonds. The van der Waals surface area contributed by atoms with Crippen LogP contribution in [0.1, 0.15) is 105 Å². The van der Waals surface area contributed by atoms with Gasteiger partial charge in [-0.2, -0.15) is 0 Å². The lowest BCUT2D eigenvalue weighted by atomic mass is 9.98. The Balaban J connectivity index is 1.26. The summed E-state index contributed by atoms with van der Waals surface area (Å²) in [5.74, 6) is -0.819. The van der Waals surface area contributed by atoms with Gasteiger partial charge in [0.1, 0.15) is 0 Å². The average Bonchev–Trinajstić information content (AvgIpc) is 3.08. The van der Waals surface area contributed by atoms with Gasteiger partial charge in [0.2, 0.25) is 5.91 Å². The molecule has 47 heavy (non-hydrogen) atoms. The van der Waals surface area contributed by atoms with E-state index >= 15 is 0 Å². The van der Waals surface area contributed by atoms with E-state index in [4.69, 9.17) is 14.6 Å². The third-order valence-corrected chi connectivity index (χ3v) is 9.23. The van der Waals surface area contributed by atoms with Gasteiger partial charge in [-0.05, 0) is 78.7 Å². The van der Waals surface area contributed by atoms with E-state index in [2.05, 4.69) is 52.7 Å². The minimum atomic E-state index is -0.796. The standard InChI is InChI=1S/C39H50N2O6/c42-28-29-17-19-31(20-18-29)36-25-35(27-41-21-7-2-1-3-8-22-41)46-39(47-36)34-14-10-13-33(24-34)32-12-9-11-30(23-32)26-40-37(43)15-5-4-6-16-38(44)45/h9-14,17-20,23-24,35-36,39,42H,1-8,15-16,21-22,25-28H2,(H,40,43)(H,44,45)/t35-,36+,39+/m0/s1. The van der Waals surface area contributed by atoms with Gasteiger partial charge in [0, 0.05) is 37.9 Å². The molecule has 2 aliphatic rings. The topological polar surface area (TPSA) is 108 Å². The van der Waals surface area contributed by atoms with Crippen LogP contribution >= 0.6 is 0 Å². The molecule has 3 aromatic carbocycles. The van der Waals surface area contributed by atoms with Crippen molar-refractivity contribution < 1.29 is 29.3 Å². The maximum Gasteiger partial charge on any atom is 0.303 e. The number of nitrogens with one attached hydrogen (secondary N) is 1. The molecule has 0 aliphatic carbocycles. The molecule has 8 heteroatoms. The molecule has 8 nitrogen and oxygen atoms in total. The second kappa shape index (κ2) is 18.1. The first kappa shape index (κ1) is 34.8. The van der Waals surface area contributed by atoms with E-state index in [-0.39, 0.29) is 31.1 Å². The molecule has 2 saturated heterocycles. The molecule has 2 aliphatic heterocycles. The normalized spacial score (nSPS) is 20.7. The van der Waals surface area contributed by atoms with Gasteiger partial charge in [0.25, 0.3) is 0 Å². The van der Waals surface area contributed by atoms with Crippen LogP contribution in [0.2, 0.25) is 0 Å². The van der Waals surface area contributed by atoms with Crippen LogP contribution in [0.25, 0.3) is 11.1 Å². The van der Waals surface area contributed by atoms with E-state index in [1.807, 2.05) is 30.3 Å². The van der Waals surface area contributed by atoms with Gasteiger partial charge in [-0.3, -0.25) is 9.59 Å². The van der Waals surface area contributed by atoms with E-state index in [0.717, 1.165) is 65.9 Å². The van der Waals surface area contributed by atoms with Gasteiger partial charge in [0.15, 0.2) is 6.29 Å². The number of amides is 1. The quantitative estimate of drug-likeness (QED) is 0.158. The number of rotatable bonds is 14. The monoisotopic (exact) mass is 642 g/mol. The van der Waals surface area contributed by atoms with Crippen molar-refractivity contribution >= 4 is 11.9 Å². The maximum atomic E-state index is 12.4. The van der Waals surface area contributed by atoms with Crippen molar-refractivity contribution in [1.82, 2.24) is 10.2 Å². The number of likely N-dealkylation sites (tertiary alicyclic amines) is 1. The van der Waals surface area contributed by atoms with Crippen molar-refractivity contribution in [3.8, 4) is 11.1 Å². The first-order chi connectivity index (χ1) is 23.0. The predicted molar refractivity (Wildman–Crippen MR) is 182 cm³/mol. The zero-order chi connectivity index (χ0) is 32.8. The summed E-state index contributed by atoms with van der Waals surface area (Å²) in [4.78, 5) is 25.6. The Morgan fingerprint density at radius 2 is 1.47 bits per heavy atom. The number of aliphatic hydroxyl groups is 1. The number of unbranched alkanes of at least 4 members (excludes halogenated alkanes) is 2. The number of ether oxygens (including phenoxy) is 2. The molecule has 0 unspecified atom stereocenters. The fraction of sp³-hybridized carbons (Fsp3) is 0.487. The van der Waals surface area contributed by atoms with Gasteiger partial charge in [0.05, 0.1) is 18.8 Å². The summed E-state index contributed by atoms with van der Waals surface area (Å²) in [7, 11) is 0. The first-order valence-electron chi connectivity index (χ1n) is 17.4. The lowest BCUT2D eigenvalue weighted by Gasteiger charge is -2.39. The third-order valence-electron chi connectivity index (χ3n) is 9.23. The van der Waals surface area contributed by atoms with E-state index in [1.54, 1.807) is 0 Å². The summed E-state index contributed by atoms with van der Waals surface area (Å²) in [5, 5.41) is 21.3. The van der Waals surface area contributed by atoms with Crippen molar-refractivity contribution in [2.45, 2.75) is 102 Å². The fourth-order valence-electron chi connectivity index (χ4n) is 6.57. The summed E-state index contributed by atoms with van der Waals surface area (Å²) in [6.07, 6.45) is 9.13. The van der Waals surface area contributed by atoms with Crippen molar-refractivity contribution in [1.29, 1.82) is 0 Å². The molecule has 5 rings (SSSR count). The minimum Gasteiger partial charge on any atom is -0.481 e. The number of hydrogen-bond donors (Lipinski definition) is 3. The number of carboxylic acids is 1. The number of carbonyl (C=O) groups excluding carboxylic acids is 1. The van der Waals surface area contributed by atoms with E-state index in [1.165, 1.54) is 32.1 Å². The molecule has 2 heterocycles. The number of hydrogen-bond acceptors (Lipinski definition) is 6. The van der Waals surface area contributed by atoms with Crippen LogP contribution in [-0.2, 0) is 32.2 Å². The Morgan fingerprint density at radius 3 is 2.21 bits per heavy atom. The second-order valence-electron chi connectivity index (χ2n) is 13.0. The highest BCUT2D eigenvalue weighted by atomic mass is 16.7. The number of carbonyl (C=O) groups is 2. The highest BCUT2D eigenvalue weighted by Gasteiger charge is 2.33. The zero-order valence-electron chi connectivity index (χ0n) is 27.4. The van der Waals surface area contributed by atoms with Crippen LogP contribution in [0, 0.1) is 0 Å². The highest BCUT2D eigenvalue weighted by Crippen LogP contribution is 2.39. The van der Waals surface area contributed by atoms with Gasteiger partial charge in [-0.25, -0.2) is 0 Å². The molecule has 252 valence electrons. The Morgan fingerprint density at radius 1 is 0.766 bits per heavy atom. The van der Waals surface area contributed by atoms with Gasteiger partial charge in [-0.15, -0.1) is 0 Å². The van der Waals surface area contributed by atoms with Crippen molar-refractivity contribution in [3.63, 3.8) is 0 Å². The van der Waals surface area contributed by atoms with Crippen LogP contribution in [0.3, 0.4) is 0 Å². The van der Waals surface area contributed by atoms with Gasteiger partial charge < -0.3 is 29.9 Å². The van der Waals surface area contributed by atoms with Crippen molar-refractivity contribution in [3.05, 3.63) is 95.1 Å². The molecule has 3 N–H and O–H groups in total. The third kappa shape index (κ3) is 11.0. The molecular formula is C39H50N2O6. The van der Waals surface area contributed by atoms with Crippen LogP contribution in [0.5, 0.6) is 0 Å². The smallest absolute Gasteiger partial charge is 0.303 e. The molecule has 2 fully saturated rings. The van der Waals surface area contributed by atoms with Crippen LogP contribution in [0.15, 0.2) is 72.8 Å². The summed E-state index contributed by atoms with van der Waals surface area (Å²) in [6.45, 7) is 3.57. The number of aliphatic hydroxyl groups excluding tert-OH is 1. The van der Waals surface area contributed by atoms with E-state index in [0.29, 0.717) is 25.8 Å². The van der Waals surface area contributed by atoms with E-state index < -0.39 is 12.3 Å². The molecule has 0 spiro atoms. The van der Waals surface area contributed by atoms with Crippen LogP contribution < -0.4 is 5.32 Å². The Kier molecular flexibility index (Phi) is 13.4. The Bertz CT molecular complexity index is 1420. The van der Waals surface area contributed by atoms with Crippen LogP contribution in [-0.4, -0.2) is 52.7 Å². The summed E-state index contributed by atoms with van der Waals surface area (Å²) in [6, 6.07) is 24.6. The minimum absolute atomic E-state index is 0.0195. The van der Waals surface area contributed by atoms with Gasteiger partial charge in [-0.1, -0.05) is 86.3 Å². The summed E-state index contributed by atoms with van der Waals surface area (Å²) in [5.41, 5.74) is 6.07. The molecular weight excluding hydrogens is 592 g/mol. The fourth-order valence-corrected chi connectivity index (χ4v) is 6.57. The summed E-state index contributed by atoms with van der Waals surface area (Å²) < 4.78 is 13.4. The largest absolute Gasteiger partial charge is 0.481 e. The Labute approximate surface area is 279 Å². The molecule has 0 bridgehead atoms. The Hall–Kier alpha value is -3.56. The molecule has 0 saturated carbocycles. The average molecular weight is 643 g/mol. The first-order valence-corrected chi connectivity index (χ1v) is 17.4. The molecule has 0 radical (unpaired) electrons. The lowest BCUT2D eigenvalue weighted by molar-refractivity contribution is -0.253. The number of nitrogens with zero attached hydrogens (tertiary/aromatic N) is 1. The summed E-state index contributed by atoms with van der Waals surface area (Å²) >= 11 is 0. The molecule has 3 aromatic rings. The number of carboxylic acid groups (broad SMARTS) is 1. The van der Waals surface area contributed by atoms with Crippen molar-refractivity contribution in [2.75, 3.05) is 19.6 Å². The SMILES string of the molecule is O=C(O)CCCCCC(=O)NCc1cccc(-c2cccc([C@@H]3O[C@H](CN4CCCCCCC4)C[C@H](c4ccc(CO)cc4)O3)c2)c1. The zero-order valence-corrected chi connectivity index (χ0v) is 27.4.